The van der Waals surface area contributed by atoms with E-state index in [-0.39, 0.29) is 11.5 Å². The number of aromatic nitrogens is 3. The largest absolute Gasteiger partial charge is 0.338 e. The van der Waals surface area contributed by atoms with Gasteiger partial charge in [0.15, 0.2) is 0 Å². The molecule has 1 amide bonds. The maximum Gasteiger partial charge on any atom is 0.252 e. The molecule has 2 aliphatic heterocycles. The molecule has 0 unspecified atom stereocenters. The van der Waals surface area contributed by atoms with Crippen molar-refractivity contribution in [3.05, 3.63) is 71.2 Å². The van der Waals surface area contributed by atoms with Gasteiger partial charge in [0.2, 0.25) is 11.9 Å². The van der Waals surface area contributed by atoms with Crippen molar-refractivity contribution in [1.82, 2.24) is 29.2 Å². The lowest BCUT2D eigenvalue weighted by Crippen LogP contribution is -2.49. The SMILES string of the molecule is C=CC(=O)N1CC(CCn2c(=O)ccc3cnc(Nc4ccc(CN5CCN(C)CC5)cc4)nc32)C1. The first-order chi connectivity index (χ1) is 17.5. The van der Waals surface area contributed by atoms with Crippen LogP contribution in [-0.4, -0.2) is 81.5 Å². The van der Waals surface area contributed by atoms with Gasteiger partial charge >= 0.3 is 0 Å². The highest BCUT2D eigenvalue weighted by molar-refractivity contribution is 5.87. The molecular formula is C27H33N7O2. The molecule has 0 radical (unpaired) electrons. The Labute approximate surface area is 211 Å². The number of nitrogens with one attached hydrogen (secondary N) is 1. The second-order valence-corrected chi connectivity index (χ2v) is 9.80. The van der Waals surface area contributed by atoms with E-state index in [4.69, 9.17) is 0 Å². The Morgan fingerprint density at radius 3 is 2.58 bits per heavy atom. The van der Waals surface area contributed by atoms with Crippen LogP contribution in [0.25, 0.3) is 11.0 Å². The monoisotopic (exact) mass is 487 g/mol. The summed E-state index contributed by atoms with van der Waals surface area (Å²) in [5, 5.41) is 4.10. The van der Waals surface area contributed by atoms with Gasteiger partial charge in [-0.2, -0.15) is 4.98 Å². The number of carbonyl (C=O) groups is 1. The van der Waals surface area contributed by atoms with Crippen LogP contribution in [0.5, 0.6) is 0 Å². The number of carbonyl (C=O) groups excluding carboxylic acids is 1. The van der Waals surface area contributed by atoms with E-state index in [9.17, 15) is 9.59 Å². The maximum atomic E-state index is 12.7. The summed E-state index contributed by atoms with van der Waals surface area (Å²) >= 11 is 0. The van der Waals surface area contributed by atoms with Gasteiger partial charge < -0.3 is 15.1 Å². The van der Waals surface area contributed by atoms with Gasteiger partial charge in [-0.3, -0.25) is 19.1 Å². The zero-order chi connectivity index (χ0) is 25.1. The highest BCUT2D eigenvalue weighted by Gasteiger charge is 2.29. The average molecular weight is 488 g/mol. The first kappa shape index (κ1) is 24.1. The van der Waals surface area contributed by atoms with Crippen LogP contribution in [0.4, 0.5) is 11.6 Å². The molecule has 1 aromatic carbocycles. The molecule has 3 aromatic rings. The predicted molar refractivity (Wildman–Crippen MR) is 141 cm³/mol. The standard InChI is InChI=1S/C27H33N7O2/c1-3-24(35)33-18-21(19-33)10-11-34-25(36)9-6-22-16-28-27(30-26(22)34)29-23-7-4-20(5-8-23)17-32-14-12-31(2)13-15-32/h3-9,16,21H,1,10-15,17-19H2,2H3,(H,28,29,30). The summed E-state index contributed by atoms with van der Waals surface area (Å²) in [4.78, 5) is 40.1. The number of fused-ring (bicyclic) bond motifs is 1. The molecule has 2 saturated heterocycles. The van der Waals surface area contributed by atoms with E-state index >= 15 is 0 Å². The van der Waals surface area contributed by atoms with E-state index in [1.807, 2.05) is 12.1 Å². The van der Waals surface area contributed by atoms with Crippen LogP contribution in [0.3, 0.4) is 0 Å². The normalized spacial score (nSPS) is 17.2. The Bertz CT molecular complexity index is 1290. The van der Waals surface area contributed by atoms with Crippen molar-refractivity contribution >= 4 is 28.6 Å². The number of likely N-dealkylation sites (N-methyl/N-ethyl adjacent to an activating group) is 1. The summed E-state index contributed by atoms with van der Waals surface area (Å²) in [6.07, 6.45) is 3.90. The molecular weight excluding hydrogens is 454 g/mol. The highest BCUT2D eigenvalue weighted by Crippen LogP contribution is 2.22. The minimum absolute atomic E-state index is 0.0376. The third-order valence-electron chi connectivity index (χ3n) is 7.14. The van der Waals surface area contributed by atoms with Gasteiger partial charge in [-0.1, -0.05) is 18.7 Å². The van der Waals surface area contributed by atoms with Gasteiger partial charge in [0.1, 0.15) is 5.65 Å². The Morgan fingerprint density at radius 1 is 1.11 bits per heavy atom. The Balaban J connectivity index is 1.24. The van der Waals surface area contributed by atoms with E-state index < -0.39 is 0 Å². The minimum Gasteiger partial charge on any atom is -0.338 e. The molecule has 9 heteroatoms. The van der Waals surface area contributed by atoms with Crippen molar-refractivity contribution in [3.8, 4) is 0 Å². The topological polar surface area (TPSA) is 86.6 Å². The number of piperazine rings is 1. The molecule has 0 atom stereocenters. The number of hydrogen-bond donors (Lipinski definition) is 1. The van der Waals surface area contributed by atoms with Crippen molar-refractivity contribution in [3.63, 3.8) is 0 Å². The lowest BCUT2D eigenvalue weighted by atomic mass is 9.96. The summed E-state index contributed by atoms with van der Waals surface area (Å²) in [5.41, 5.74) is 2.72. The van der Waals surface area contributed by atoms with Crippen LogP contribution in [0, 0.1) is 5.92 Å². The van der Waals surface area contributed by atoms with Gasteiger partial charge in [0, 0.05) is 75.7 Å². The summed E-state index contributed by atoms with van der Waals surface area (Å²) in [7, 11) is 2.17. The number of likely N-dealkylation sites (tertiary alicyclic amines) is 1. The summed E-state index contributed by atoms with van der Waals surface area (Å²) in [5.74, 6) is 0.796. The van der Waals surface area contributed by atoms with Crippen LogP contribution in [0.15, 0.2) is 60.0 Å². The molecule has 0 bridgehead atoms. The summed E-state index contributed by atoms with van der Waals surface area (Å²) in [6, 6.07) is 11.7. The molecule has 0 spiro atoms. The molecule has 0 saturated carbocycles. The maximum absolute atomic E-state index is 12.7. The lowest BCUT2D eigenvalue weighted by Gasteiger charge is -2.38. The minimum atomic E-state index is -0.0845. The first-order valence-corrected chi connectivity index (χ1v) is 12.5. The van der Waals surface area contributed by atoms with E-state index in [1.165, 1.54) is 11.6 Å². The third-order valence-corrected chi connectivity index (χ3v) is 7.14. The zero-order valence-electron chi connectivity index (χ0n) is 20.8. The molecule has 36 heavy (non-hydrogen) atoms. The Hall–Kier alpha value is -3.56. The number of benzene rings is 1. The van der Waals surface area contributed by atoms with Crippen LogP contribution in [-0.2, 0) is 17.9 Å². The fourth-order valence-corrected chi connectivity index (χ4v) is 4.81. The van der Waals surface area contributed by atoms with Gasteiger partial charge in [0.05, 0.1) is 0 Å². The third kappa shape index (κ3) is 5.47. The quantitative estimate of drug-likeness (QED) is 0.488. The Morgan fingerprint density at radius 2 is 1.86 bits per heavy atom. The fraction of sp³-hybridized carbons (Fsp3) is 0.407. The van der Waals surface area contributed by atoms with Gasteiger partial charge in [-0.15, -0.1) is 0 Å². The van der Waals surface area contributed by atoms with E-state index in [2.05, 4.69) is 50.8 Å². The molecule has 188 valence electrons. The number of rotatable bonds is 8. The number of aryl methyl sites for hydroxylation is 1. The summed E-state index contributed by atoms with van der Waals surface area (Å²) in [6.45, 7) is 10.9. The average Bonchev–Trinajstić information content (AvgIpc) is 2.86. The second kappa shape index (κ2) is 10.6. The number of hydrogen-bond acceptors (Lipinski definition) is 7. The van der Waals surface area contributed by atoms with Crippen LogP contribution < -0.4 is 10.9 Å². The predicted octanol–water partition coefficient (Wildman–Crippen LogP) is 2.32. The Kier molecular flexibility index (Phi) is 7.11. The smallest absolute Gasteiger partial charge is 0.252 e. The lowest BCUT2D eigenvalue weighted by molar-refractivity contribution is -0.132. The van der Waals surface area contributed by atoms with Crippen molar-refractivity contribution in [1.29, 1.82) is 0 Å². The number of anilines is 2. The van der Waals surface area contributed by atoms with Crippen LogP contribution >= 0.6 is 0 Å². The first-order valence-electron chi connectivity index (χ1n) is 12.5. The van der Waals surface area contributed by atoms with Crippen molar-refractivity contribution < 1.29 is 4.79 Å². The fourth-order valence-electron chi connectivity index (χ4n) is 4.81. The number of nitrogens with zero attached hydrogens (tertiary/aromatic N) is 6. The molecule has 1 N–H and O–H groups in total. The molecule has 2 fully saturated rings. The second-order valence-electron chi connectivity index (χ2n) is 9.80. The molecule has 9 nitrogen and oxygen atoms in total. The van der Waals surface area contributed by atoms with Gasteiger partial charge in [-0.25, -0.2) is 4.98 Å². The van der Waals surface area contributed by atoms with Crippen molar-refractivity contribution in [2.45, 2.75) is 19.5 Å². The van der Waals surface area contributed by atoms with E-state index in [0.717, 1.165) is 50.2 Å². The molecule has 0 aliphatic carbocycles. The highest BCUT2D eigenvalue weighted by atomic mass is 16.2. The summed E-state index contributed by atoms with van der Waals surface area (Å²) < 4.78 is 1.71. The van der Waals surface area contributed by atoms with Gasteiger partial charge in [0.25, 0.3) is 5.56 Å². The number of pyridine rings is 1. The molecule has 2 aromatic heterocycles. The van der Waals surface area contributed by atoms with E-state index in [1.54, 1.807) is 27.8 Å². The van der Waals surface area contributed by atoms with Crippen LogP contribution in [0.2, 0.25) is 0 Å². The molecule has 4 heterocycles. The van der Waals surface area contributed by atoms with E-state index in [0.29, 0.717) is 37.1 Å². The van der Waals surface area contributed by atoms with Crippen molar-refractivity contribution in [2.24, 2.45) is 5.92 Å². The number of amides is 1. The van der Waals surface area contributed by atoms with Gasteiger partial charge in [-0.05, 0) is 49.2 Å². The van der Waals surface area contributed by atoms with Crippen LogP contribution in [0.1, 0.15) is 12.0 Å². The molecule has 2 aliphatic rings. The zero-order valence-corrected chi connectivity index (χ0v) is 20.8. The van der Waals surface area contributed by atoms with Crippen molar-refractivity contribution in [2.75, 3.05) is 51.6 Å². The molecule has 5 rings (SSSR count).